The van der Waals surface area contributed by atoms with E-state index in [1.165, 1.54) is 0 Å². The molecule has 0 aliphatic carbocycles. The first kappa shape index (κ1) is 11.2. The minimum Gasteiger partial charge on any atom is -0.396 e. The van der Waals surface area contributed by atoms with Crippen molar-refractivity contribution in [1.29, 1.82) is 0 Å². The zero-order chi connectivity index (χ0) is 9.40. The van der Waals surface area contributed by atoms with Crippen molar-refractivity contribution in [2.75, 3.05) is 19.7 Å². The summed E-state index contributed by atoms with van der Waals surface area (Å²) in [6.45, 7) is 5.22. The number of carbonyl (C=O) groups is 1. The number of aliphatic hydroxyl groups is 1. The fraction of sp³-hybridized carbons (Fsp3) is 0.667. The lowest BCUT2D eigenvalue weighted by atomic mass is 10.3. The Balaban J connectivity index is 3.87. The summed E-state index contributed by atoms with van der Waals surface area (Å²) in [5.41, 5.74) is 0. The Morgan fingerprint density at radius 1 is 1.58 bits per heavy atom. The summed E-state index contributed by atoms with van der Waals surface area (Å²) in [4.78, 5) is 12.9. The van der Waals surface area contributed by atoms with Crippen molar-refractivity contribution in [1.82, 2.24) is 4.90 Å². The molecule has 0 aliphatic rings. The maximum absolute atomic E-state index is 11.2. The van der Waals surface area contributed by atoms with E-state index in [2.05, 4.69) is 0 Å². The maximum atomic E-state index is 11.2. The van der Waals surface area contributed by atoms with Gasteiger partial charge in [0.1, 0.15) is 0 Å². The molecule has 0 radical (unpaired) electrons. The van der Waals surface area contributed by atoms with E-state index in [1.807, 2.05) is 13.8 Å². The number of allylic oxidation sites excluding steroid dienone is 1. The van der Waals surface area contributed by atoms with Crippen LogP contribution in [0.1, 0.15) is 20.3 Å². The number of aliphatic hydroxyl groups excluding tert-OH is 1. The predicted octanol–water partition coefficient (Wildman–Crippen LogP) is 0.793. The first-order valence-electron chi connectivity index (χ1n) is 4.28. The van der Waals surface area contributed by atoms with Crippen LogP contribution in [0.5, 0.6) is 0 Å². The number of carbonyl (C=O) groups excluding carboxylic acids is 1. The van der Waals surface area contributed by atoms with E-state index in [9.17, 15) is 4.79 Å². The van der Waals surface area contributed by atoms with Crippen molar-refractivity contribution in [3.63, 3.8) is 0 Å². The van der Waals surface area contributed by atoms with Gasteiger partial charge in [0.15, 0.2) is 0 Å². The Bertz CT molecular complexity index is 155. The average Bonchev–Trinajstić information content (AvgIpc) is 2.06. The highest BCUT2D eigenvalue weighted by molar-refractivity contribution is 5.87. The van der Waals surface area contributed by atoms with E-state index < -0.39 is 0 Å². The molecule has 3 nitrogen and oxygen atoms in total. The molecular weight excluding hydrogens is 154 g/mol. The molecule has 0 aliphatic heterocycles. The standard InChI is InChI=1S/C9H17NO2/c1-3-6-9(12)10(4-2)7-5-8-11/h3,6,11H,4-5,7-8H2,1-2H3/b6-3+. The predicted molar refractivity (Wildman–Crippen MR) is 48.8 cm³/mol. The minimum atomic E-state index is 0.0217. The molecule has 0 saturated heterocycles. The Morgan fingerprint density at radius 3 is 2.67 bits per heavy atom. The number of amides is 1. The summed E-state index contributed by atoms with van der Waals surface area (Å²) in [6, 6.07) is 0. The van der Waals surface area contributed by atoms with Gasteiger partial charge >= 0.3 is 0 Å². The third-order valence-corrected chi connectivity index (χ3v) is 1.59. The normalized spacial score (nSPS) is 10.6. The van der Waals surface area contributed by atoms with Crippen LogP contribution < -0.4 is 0 Å². The Hall–Kier alpha value is -0.830. The van der Waals surface area contributed by atoms with Crippen LogP contribution in [0.2, 0.25) is 0 Å². The highest BCUT2D eigenvalue weighted by Crippen LogP contribution is 1.93. The van der Waals surface area contributed by atoms with Gasteiger partial charge < -0.3 is 10.0 Å². The smallest absolute Gasteiger partial charge is 0.246 e. The number of rotatable bonds is 5. The Morgan fingerprint density at radius 2 is 2.25 bits per heavy atom. The van der Waals surface area contributed by atoms with Gasteiger partial charge in [0, 0.05) is 19.7 Å². The molecular formula is C9H17NO2. The SMILES string of the molecule is C/C=C/C(=O)N(CC)CCCO. The average molecular weight is 171 g/mol. The van der Waals surface area contributed by atoms with Crippen molar-refractivity contribution >= 4 is 5.91 Å². The molecule has 0 fully saturated rings. The fourth-order valence-electron chi connectivity index (χ4n) is 0.934. The second-order valence-corrected chi connectivity index (χ2v) is 2.50. The van der Waals surface area contributed by atoms with Crippen molar-refractivity contribution in [2.45, 2.75) is 20.3 Å². The molecule has 0 spiro atoms. The topological polar surface area (TPSA) is 40.5 Å². The van der Waals surface area contributed by atoms with E-state index >= 15 is 0 Å². The molecule has 0 aromatic heterocycles. The maximum Gasteiger partial charge on any atom is 0.246 e. The van der Waals surface area contributed by atoms with Gasteiger partial charge in [0.2, 0.25) is 5.91 Å². The number of hydrogen-bond acceptors (Lipinski definition) is 2. The van der Waals surface area contributed by atoms with Gasteiger partial charge in [-0.2, -0.15) is 0 Å². The van der Waals surface area contributed by atoms with E-state index in [1.54, 1.807) is 17.1 Å². The first-order valence-corrected chi connectivity index (χ1v) is 4.28. The quantitative estimate of drug-likeness (QED) is 0.621. The lowest BCUT2D eigenvalue weighted by Gasteiger charge is -2.18. The van der Waals surface area contributed by atoms with Crippen LogP contribution in [0.3, 0.4) is 0 Å². The number of likely N-dealkylation sites (N-methyl/N-ethyl adjacent to an activating group) is 1. The molecule has 12 heavy (non-hydrogen) atoms. The van der Waals surface area contributed by atoms with Crippen molar-refractivity contribution < 1.29 is 9.90 Å². The van der Waals surface area contributed by atoms with Crippen LogP contribution in [0.25, 0.3) is 0 Å². The van der Waals surface area contributed by atoms with Gasteiger partial charge in [-0.05, 0) is 26.3 Å². The van der Waals surface area contributed by atoms with Crippen LogP contribution in [0, 0.1) is 0 Å². The molecule has 1 N–H and O–H groups in total. The third-order valence-electron chi connectivity index (χ3n) is 1.59. The van der Waals surface area contributed by atoms with Crippen LogP contribution in [-0.4, -0.2) is 35.6 Å². The van der Waals surface area contributed by atoms with Crippen LogP contribution >= 0.6 is 0 Å². The highest BCUT2D eigenvalue weighted by atomic mass is 16.3. The summed E-state index contributed by atoms with van der Waals surface area (Å²) in [6.07, 6.45) is 3.92. The molecule has 0 bridgehead atoms. The number of hydrogen-bond donors (Lipinski definition) is 1. The highest BCUT2D eigenvalue weighted by Gasteiger charge is 2.05. The van der Waals surface area contributed by atoms with E-state index in [4.69, 9.17) is 5.11 Å². The molecule has 0 unspecified atom stereocenters. The zero-order valence-electron chi connectivity index (χ0n) is 7.79. The summed E-state index contributed by atoms with van der Waals surface area (Å²) in [5.74, 6) is 0.0217. The zero-order valence-corrected chi connectivity index (χ0v) is 7.79. The molecule has 70 valence electrons. The molecule has 0 aromatic rings. The molecule has 1 amide bonds. The Labute approximate surface area is 73.7 Å². The molecule has 0 heterocycles. The van der Waals surface area contributed by atoms with Crippen LogP contribution in [-0.2, 0) is 4.79 Å². The largest absolute Gasteiger partial charge is 0.396 e. The third kappa shape index (κ3) is 4.13. The van der Waals surface area contributed by atoms with Gasteiger partial charge in [-0.3, -0.25) is 4.79 Å². The monoisotopic (exact) mass is 171 g/mol. The second kappa shape index (κ2) is 6.85. The van der Waals surface area contributed by atoms with Gasteiger partial charge in [-0.1, -0.05) is 6.08 Å². The van der Waals surface area contributed by atoms with Gasteiger partial charge in [-0.25, -0.2) is 0 Å². The molecule has 0 saturated carbocycles. The van der Waals surface area contributed by atoms with Gasteiger partial charge in [0.05, 0.1) is 0 Å². The number of nitrogens with zero attached hydrogens (tertiary/aromatic N) is 1. The van der Waals surface area contributed by atoms with E-state index in [0.29, 0.717) is 19.5 Å². The molecule has 0 aromatic carbocycles. The second-order valence-electron chi connectivity index (χ2n) is 2.50. The van der Waals surface area contributed by atoms with Crippen LogP contribution in [0.15, 0.2) is 12.2 Å². The molecule has 3 heteroatoms. The Kier molecular flexibility index (Phi) is 6.38. The lowest BCUT2D eigenvalue weighted by molar-refractivity contribution is -0.126. The van der Waals surface area contributed by atoms with E-state index in [-0.39, 0.29) is 12.5 Å². The van der Waals surface area contributed by atoms with E-state index in [0.717, 1.165) is 0 Å². The lowest BCUT2D eigenvalue weighted by Crippen LogP contribution is -2.30. The van der Waals surface area contributed by atoms with Crippen LogP contribution in [0.4, 0.5) is 0 Å². The van der Waals surface area contributed by atoms with Crippen molar-refractivity contribution in [3.8, 4) is 0 Å². The van der Waals surface area contributed by atoms with Crippen molar-refractivity contribution in [2.24, 2.45) is 0 Å². The summed E-state index contributed by atoms with van der Waals surface area (Å²) >= 11 is 0. The van der Waals surface area contributed by atoms with Gasteiger partial charge in [0.25, 0.3) is 0 Å². The molecule has 0 atom stereocenters. The summed E-state index contributed by atoms with van der Waals surface area (Å²) < 4.78 is 0. The minimum absolute atomic E-state index is 0.0217. The van der Waals surface area contributed by atoms with Gasteiger partial charge in [-0.15, -0.1) is 0 Å². The fourth-order valence-corrected chi connectivity index (χ4v) is 0.934. The van der Waals surface area contributed by atoms with Crippen molar-refractivity contribution in [3.05, 3.63) is 12.2 Å². The summed E-state index contributed by atoms with van der Waals surface area (Å²) in [5, 5.41) is 8.57. The first-order chi connectivity index (χ1) is 5.76. The summed E-state index contributed by atoms with van der Waals surface area (Å²) in [7, 11) is 0. The molecule has 0 rings (SSSR count).